The molecular weight excluding hydrogens is 516 g/mol. The molecule has 0 spiro atoms. The van der Waals surface area contributed by atoms with Crippen molar-refractivity contribution in [1.29, 1.82) is 0 Å². The summed E-state index contributed by atoms with van der Waals surface area (Å²) in [6.07, 6.45) is 7.00. The first-order valence-corrected chi connectivity index (χ1v) is 13.9. The van der Waals surface area contributed by atoms with Crippen LogP contribution in [-0.4, -0.2) is 38.4 Å². The summed E-state index contributed by atoms with van der Waals surface area (Å²) >= 11 is 0. The van der Waals surface area contributed by atoms with Crippen LogP contribution in [0.1, 0.15) is 51.6 Å². The van der Waals surface area contributed by atoms with Gasteiger partial charge in [0.05, 0.1) is 25.3 Å². The number of methoxy groups -OCH3 is 2. The second-order valence-electron chi connectivity index (χ2n) is 11.0. The van der Waals surface area contributed by atoms with Gasteiger partial charge in [-0.2, -0.15) is 0 Å². The molecule has 0 saturated heterocycles. The Bertz CT molecular complexity index is 1490. The molecule has 3 aromatic carbocycles. The zero-order valence-electron chi connectivity index (χ0n) is 24.1. The number of allylic oxidation sites excluding steroid dienone is 4. The van der Waals surface area contributed by atoms with Gasteiger partial charge in [0.1, 0.15) is 23.7 Å². The van der Waals surface area contributed by atoms with Crippen LogP contribution in [0.5, 0.6) is 11.5 Å². The number of fused-ring (bicyclic) bond motifs is 1. The number of benzene rings is 3. The van der Waals surface area contributed by atoms with E-state index in [1.165, 1.54) is 0 Å². The van der Waals surface area contributed by atoms with Crippen LogP contribution >= 0.6 is 0 Å². The maximum atomic E-state index is 13.7. The zero-order valence-corrected chi connectivity index (χ0v) is 24.1. The molecule has 0 heterocycles. The Morgan fingerprint density at radius 2 is 1.34 bits per heavy atom. The molecule has 0 radical (unpaired) electrons. The largest absolute Gasteiger partial charge is 0.497 e. The highest BCUT2D eigenvalue weighted by atomic mass is 16.6. The molecule has 6 nitrogen and oxygen atoms in total. The number of aryl methyl sites for hydroxylation is 1. The fourth-order valence-corrected chi connectivity index (χ4v) is 6.30. The van der Waals surface area contributed by atoms with Gasteiger partial charge >= 0.3 is 11.9 Å². The number of carbonyl (C=O) groups is 2. The Morgan fingerprint density at radius 1 is 0.756 bits per heavy atom. The first-order chi connectivity index (χ1) is 19.8. The Labute approximate surface area is 241 Å². The van der Waals surface area contributed by atoms with E-state index < -0.39 is 24.1 Å². The third kappa shape index (κ3) is 5.39. The molecular formula is C35H36O6. The molecule has 0 N–H and O–H groups in total. The highest BCUT2D eigenvalue weighted by Crippen LogP contribution is 2.56. The van der Waals surface area contributed by atoms with Crippen molar-refractivity contribution in [1.82, 2.24) is 0 Å². The summed E-state index contributed by atoms with van der Waals surface area (Å²) < 4.78 is 23.4. The summed E-state index contributed by atoms with van der Waals surface area (Å²) in [7, 11) is 3.11. The van der Waals surface area contributed by atoms with Crippen LogP contribution in [-0.2, 0) is 9.47 Å². The number of rotatable bonds is 7. The lowest BCUT2D eigenvalue weighted by Crippen LogP contribution is -2.57. The summed E-state index contributed by atoms with van der Waals surface area (Å²) in [6.45, 7) is 6.33. The van der Waals surface area contributed by atoms with E-state index in [4.69, 9.17) is 18.9 Å². The van der Waals surface area contributed by atoms with Gasteiger partial charge in [-0.25, -0.2) is 9.59 Å². The molecule has 3 aromatic rings. The third-order valence-corrected chi connectivity index (χ3v) is 8.79. The van der Waals surface area contributed by atoms with Gasteiger partial charge in [-0.3, -0.25) is 0 Å². The lowest BCUT2D eigenvalue weighted by atomic mass is 9.53. The smallest absolute Gasteiger partial charge is 0.338 e. The van der Waals surface area contributed by atoms with Crippen molar-refractivity contribution in [3.8, 4) is 11.5 Å². The summed E-state index contributed by atoms with van der Waals surface area (Å²) in [5.41, 5.74) is 2.51. The van der Waals surface area contributed by atoms with Crippen LogP contribution < -0.4 is 9.47 Å². The van der Waals surface area contributed by atoms with Crippen molar-refractivity contribution in [3.63, 3.8) is 0 Å². The number of ether oxygens (including phenoxy) is 4. The monoisotopic (exact) mass is 552 g/mol. The van der Waals surface area contributed by atoms with E-state index in [1.807, 2.05) is 24.3 Å². The second kappa shape index (κ2) is 11.7. The molecule has 1 fully saturated rings. The quantitative estimate of drug-likeness (QED) is 0.296. The van der Waals surface area contributed by atoms with Crippen molar-refractivity contribution in [2.75, 3.05) is 14.2 Å². The predicted molar refractivity (Wildman–Crippen MR) is 157 cm³/mol. The van der Waals surface area contributed by atoms with Crippen LogP contribution in [0, 0.1) is 24.2 Å². The maximum absolute atomic E-state index is 13.7. The average molecular weight is 553 g/mol. The van der Waals surface area contributed by atoms with Crippen molar-refractivity contribution in [2.45, 2.75) is 38.9 Å². The molecule has 1 saturated carbocycles. The minimum atomic E-state index is -0.756. The Hall–Kier alpha value is -4.32. The zero-order chi connectivity index (χ0) is 29.1. The lowest BCUT2D eigenvalue weighted by molar-refractivity contribution is -0.121. The van der Waals surface area contributed by atoms with Crippen LogP contribution in [0.25, 0.3) is 0 Å². The van der Waals surface area contributed by atoms with E-state index in [2.05, 4.69) is 45.1 Å². The van der Waals surface area contributed by atoms with Gasteiger partial charge in [0.2, 0.25) is 0 Å². The number of esters is 2. The summed E-state index contributed by atoms with van der Waals surface area (Å²) in [5.74, 6) is -0.324. The number of carbonyl (C=O) groups excluding carboxylic acids is 2. The molecule has 2 aliphatic carbocycles. The highest BCUT2D eigenvalue weighted by Gasteiger charge is 2.57. The van der Waals surface area contributed by atoms with Crippen LogP contribution in [0.4, 0.5) is 0 Å². The first kappa shape index (κ1) is 28.2. The maximum Gasteiger partial charge on any atom is 0.338 e. The molecule has 6 unspecified atom stereocenters. The van der Waals surface area contributed by atoms with Gasteiger partial charge in [0.25, 0.3) is 0 Å². The van der Waals surface area contributed by atoms with E-state index in [0.717, 1.165) is 11.1 Å². The molecule has 0 bridgehead atoms. The normalized spacial score (nSPS) is 26.5. The number of hydrogen-bond donors (Lipinski definition) is 0. The Balaban J connectivity index is 1.61. The van der Waals surface area contributed by atoms with E-state index in [1.54, 1.807) is 62.8 Å². The van der Waals surface area contributed by atoms with Gasteiger partial charge < -0.3 is 18.9 Å². The molecule has 212 valence electrons. The molecule has 5 rings (SSSR count). The summed E-state index contributed by atoms with van der Waals surface area (Å²) in [6, 6.07) is 21.9. The van der Waals surface area contributed by atoms with Gasteiger partial charge in [0, 0.05) is 11.8 Å². The average Bonchev–Trinajstić information content (AvgIpc) is 3.00. The van der Waals surface area contributed by atoms with E-state index in [0.29, 0.717) is 22.6 Å². The fourth-order valence-electron chi connectivity index (χ4n) is 6.30. The van der Waals surface area contributed by atoms with Gasteiger partial charge in [-0.05, 0) is 65.8 Å². The molecule has 2 aliphatic rings. The highest BCUT2D eigenvalue weighted by molar-refractivity contribution is 5.91. The topological polar surface area (TPSA) is 71.1 Å². The SMILES string of the molecule is COc1cccc(C(=O)OC2C(OC(=O)c3cccc(OC)c3)C(C)C3(C)C=CC=CC3C2c2ccccc2C)c1. The minimum Gasteiger partial charge on any atom is -0.497 e. The molecule has 0 amide bonds. The van der Waals surface area contributed by atoms with Crippen molar-refractivity contribution in [2.24, 2.45) is 17.3 Å². The predicted octanol–water partition coefficient (Wildman–Crippen LogP) is 6.95. The molecule has 6 heteroatoms. The lowest BCUT2D eigenvalue weighted by Gasteiger charge is -2.54. The van der Waals surface area contributed by atoms with E-state index in [9.17, 15) is 9.59 Å². The van der Waals surface area contributed by atoms with Crippen LogP contribution in [0.3, 0.4) is 0 Å². The first-order valence-electron chi connectivity index (χ1n) is 13.9. The van der Waals surface area contributed by atoms with E-state index in [-0.39, 0.29) is 23.2 Å². The van der Waals surface area contributed by atoms with Gasteiger partial charge in [0.15, 0.2) is 0 Å². The number of hydrogen-bond acceptors (Lipinski definition) is 6. The Morgan fingerprint density at radius 3 is 1.93 bits per heavy atom. The molecule has 0 aromatic heterocycles. The third-order valence-electron chi connectivity index (χ3n) is 8.79. The standard InChI is InChI=1S/C35H36O6/c1-22-12-6-7-17-28(22)30-29-18-8-9-19-35(29,3)23(2)31(40-33(36)24-13-10-15-26(20-24)38-4)32(30)41-34(37)25-14-11-16-27(21-25)39-5/h6-21,23,29-32H,1-5H3. The Kier molecular flexibility index (Phi) is 8.02. The van der Waals surface area contributed by atoms with Crippen LogP contribution in [0.2, 0.25) is 0 Å². The summed E-state index contributed by atoms with van der Waals surface area (Å²) in [5, 5.41) is 0. The molecule has 6 atom stereocenters. The minimum absolute atomic E-state index is 0.00141. The van der Waals surface area contributed by atoms with Crippen molar-refractivity contribution >= 4 is 11.9 Å². The van der Waals surface area contributed by atoms with E-state index >= 15 is 0 Å². The van der Waals surface area contributed by atoms with Crippen LogP contribution in [0.15, 0.2) is 97.1 Å². The fraction of sp³-hybridized carbons (Fsp3) is 0.314. The van der Waals surface area contributed by atoms with Crippen molar-refractivity contribution < 1.29 is 28.5 Å². The second-order valence-corrected chi connectivity index (χ2v) is 11.0. The van der Waals surface area contributed by atoms with Crippen molar-refractivity contribution in [3.05, 3.63) is 119 Å². The summed E-state index contributed by atoms with van der Waals surface area (Å²) in [4.78, 5) is 27.3. The molecule has 0 aliphatic heterocycles. The van der Waals surface area contributed by atoms with Gasteiger partial charge in [-0.15, -0.1) is 0 Å². The van der Waals surface area contributed by atoms with Gasteiger partial charge in [-0.1, -0.05) is 74.5 Å². The molecule has 41 heavy (non-hydrogen) atoms.